The number of piperazine rings is 1. The largest absolute Gasteiger partial charge is 0.493 e. The maximum atomic E-state index is 5.83. The molecule has 3 rings (SSSR count). The predicted octanol–water partition coefficient (Wildman–Crippen LogP) is 3.95. The van der Waals surface area contributed by atoms with Crippen molar-refractivity contribution in [1.82, 2.24) is 15.1 Å². The van der Waals surface area contributed by atoms with E-state index in [2.05, 4.69) is 40.5 Å². The molecule has 0 radical (unpaired) electrons. The number of nitrogens with zero attached hydrogens (tertiary/aromatic N) is 2. The molecule has 142 valence electrons. The van der Waals surface area contributed by atoms with E-state index in [1.807, 2.05) is 30.4 Å². The minimum atomic E-state index is 0.755. The maximum absolute atomic E-state index is 5.83. The van der Waals surface area contributed by atoms with Crippen LogP contribution in [-0.4, -0.2) is 47.7 Å². The summed E-state index contributed by atoms with van der Waals surface area (Å²) in [6, 6.07) is 8.20. The molecule has 27 heavy (non-hydrogen) atoms. The van der Waals surface area contributed by atoms with Crippen molar-refractivity contribution >= 4 is 22.9 Å². The Balaban J connectivity index is 1.60. The topological polar surface area (TPSA) is 27.7 Å². The zero-order valence-corrected chi connectivity index (χ0v) is 16.5. The molecule has 4 nitrogen and oxygen atoms in total. The summed E-state index contributed by atoms with van der Waals surface area (Å²) in [6.07, 6.45) is 9.72. The van der Waals surface area contributed by atoms with Crippen molar-refractivity contribution < 1.29 is 4.74 Å². The molecule has 1 N–H and O–H groups in total. The quantitative estimate of drug-likeness (QED) is 0.630. The predicted molar refractivity (Wildman–Crippen MR) is 117 cm³/mol. The number of hydrogen-bond donors (Lipinski definition) is 1. The lowest BCUT2D eigenvalue weighted by Gasteiger charge is -2.37. The SMILES string of the molecule is C=C/C=C(\C=C)N1CCN(C(=S)N/C=C2/CCCOc3ccccc32)CC1. The lowest BCUT2D eigenvalue weighted by Crippen LogP contribution is -2.50. The molecule has 2 aliphatic rings. The highest BCUT2D eigenvalue weighted by molar-refractivity contribution is 7.80. The van der Waals surface area contributed by atoms with Crippen LogP contribution in [0.4, 0.5) is 0 Å². The molecule has 2 aliphatic heterocycles. The Labute approximate surface area is 167 Å². The molecular weight excluding hydrogens is 354 g/mol. The summed E-state index contributed by atoms with van der Waals surface area (Å²) in [7, 11) is 0. The number of thiocarbonyl (C=S) groups is 1. The van der Waals surface area contributed by atoms with Crippen LogP contribution in [0.25, 0.3) is 5.57 Å². The second kappa shape index (κ2) is 9.42. The minimum Gasteiger partial charge on any atom is -0.493 e. The molecule has 2 heterocycles. The molecule has 1 saturated heterocycles. The first kappa shape index (κ1) is 19.2. The van der Waals surface area contributed by atoms with E-state index in [0.29, 0.717) is 0 Å². The van der Waals surface area contributed by atoms with Crippen LogP contribution in [0.1, 0.15) is 18.4 Å². The Bertz CT molecular complexity index is 761. The van der Waals surface area contributed by atoms with Crippen molar-refractivity contribution in [1.29, 1.82) is 0 Å². The molecule has 0 bridgehead atoms. The third-order valence-electron chi connectivity index (χ3n) is 4.88. The molecule has 0 aromatic heterocycles. The first-order valence-corrected chi connectivity index (χ1v) is 9.80. The highest BCUT2D eigenvalue weighted by atomic mass is 32.1. The van der Waals surface area contributed by atoms with Crippen molar-refractivity contribution in [3.8, 4) is 5.75 Å². The lowest BCUT2D eigenvalue weighted by molar-refractivity contribution is 0.226. The van der Waals surface area contributed by atoms with Gasteiger partial charge in [-0.3, -0.25) is 0 Å². The maximum Gasteiger partial charge on any atom is 0.173 e. The van der Waals surface area contributed by atoms with E-state index < -0.39 is 0 Å². The zero-order valence-electron chi connectivity index (χ0n) is 15.7. The number of allylic oxidation sites excluding steroid dienone is 4. The number of fused-ring (bicyclic) bond motifs is 1. The molecule has 0 amide bonds. The van der Waals surface area contributed by atoms with Crippen LogP contribution in [0, 0.1) is 0 Å². The van der Waals surface area contributed by atoms with E-state index in [9.17, 15) is 0 Å². The van der Waals surface area contributed by atoms with Gasteiger partial charge in [0.15, 0.2) is 5.11 Å². The molecule has 1 aromatic rings. The Hall–Kier alpha value is -2.53. The van der Waals surface area contributed by atoms with E-state index in [-0.39, 0.29) is 0 Å². The highest BCUT2D eigenvalue weighted by Crippen LogP contribution is 2.31. The number of para-hydroxylation sites is 1. The van der Waals surface area contributed by atoms with Gasteiger partial charge in [0.25, 0.3) is 0 Å². The number of rotatable bonds is 4. The molecule has 1 fully saturated rings. The van der Waals surface area contributed by atoms with Crippen LogP contribution in [0.3, 0.4) is 0 Å². The summed E-state index contributed by atoms with van der Waals surface area (Å²) in [4.78, 5) is 4.53. The van der Waals surface area contributed by atoms with Gasteiger partial charge in [-0.15, -0.1) is 0 Å². The molecular formula is C22H27N3OS. The van der Waals surface area contributed by atoms with Crippen molar-refractivity contribution in [2.75, 3.05) is 32.8 Å². The van der Waals surface area contributed by atoms with Gasteiger partial charge in [-0.1, -0.05) is 37.4 Å². The normalized spacial score (nSPS) is 19.0. The van der Waals surface area contributed by atoms with Gasteiger partial charge in [0.05, 0.1) is 6.61 Å². The van der Waals surface area contributed by atoms with E-state index in [1.165, 1.54) is 5.57 Å². The summed E-state index contributed by atoms with van der Waals surface area (Å²) < 4.78 is 5.83. The molecule has 5 heteroatoms. The highest BCUT2D eigenvalue weighted by Gasteiger charge is 2.19. The molecule has 0 saturated carbocycles. The molecule has 0 unspecified atom stereocenters. The zero-order chi connectivity index (χ0) is 19.1. The van der Waals surface area contributed by atoms with Crippen molar-refractivity contribution in [2.24, 2.45) is 0 Å². The number of hydrogen-bond acceptors (Lipinski definition) is 3. The van der Waals surface area contributed by atoms with Gasteiger partial charge in [0.1, 0.15) is 5.75 Å². The number of benzene rings is 1. The second-order valence-corrected chi connectivity index (χ2v) is 6.96. The summed E-state index contributed by atoms with van der Waals surface area (Å²) in [6.45, 7) is 12.0. The number of nitrogens with one attached hydrogen (secondary N) is 1. The lowest BCUT2D eigenvalue weighted by atomic mass is 10.0. The van der Waals surface area contributed by atoms with Gasteiger partial charge in [-0.2, -0.15) is 0 Å². The molecule has 1 aromatic carbocycles. The smallest absolute Gasteiger partial charge is 0.173 e. The third kappa shape index (κ3) is 4.80. The summed E-state index contributed by atoms with van der Waals surface area (Å²) in [5, 5.41) is 4.12. The van der Waals surface area contributed by atoms with Crippen LogP contribution in [0.2, 0.25) is 0 Å². The van der Waals surface area contributed by atoms with Crippen molar-refractivity contribution in [3.05, 3.63) is 73.1 Å². The second-order valence-electron chi connectivity index (χ2n) is 6.57. The minimum absolute atomic E-state index is 0.755. The van der Waals surface area contributed by atoms with Gasteiger partial charge in [0.2, 0.25) is 0 Å². The van der Waals surface area contributed by atoms with Gasteiger partial charge in [0, 0.05) is 43.6 Å². The molecule has 0 atom stereocenters. The van der Waals surface area contributed by atoms with Gasteiger partial charge >= 0.3 is 0 Å². The monoisotopic (exact) mass is 381 g/mol. The van der Waals surface area contributed by atoms with Crippen LogP contribution in [0.5, 0.6) is 5.75 Å². The Morgan fingerprint density at radius 2 is 1.85 bits per heavy atom. The first-order chi connectivity index (χ1) is 13.2. The van der Waals surface area contributed by atoms with Crippen LogP contribution in [-0.2, 0) is 0 Å². The van der Waals surface area contributed by atoms with E-state index in [4.69, 9.17) is 17.0 Å². The van der Waals surface area contributed by atoms with Crippen molar-refractivity contribution in [3.63, 3.8) is 0 Å². The standard InChI is InChI=1S/C22H27N3OS/c1-3-8-19(4-2)24-12-14-25(15-13-24)22(27)23-17-18-9-7-16-26-21-11-6-5-10-20(18)21/h3-6,8,10-11,17H,1-2,7,9,12-16H2,(H,23,27)/b18-17-,19-8+. The average Bonchev–Trinajstić information content (AvgIpc) is 2.92. The Kier molecular flexibility index (Phi) is 6.71. The van der Waals surface area contributed by atoms with Crippen LogP contribution >= 0.6 is 12.2 Å². The van der Waals surface area contributed by atoms with Gasteiger partial charge < -0.3 is 19.9 Å². The third-order valence-corrected chi connectivity index (χ3v) is 5.26. The van der Waals surface area contributed by atoms with E-state index >= 15 is 0 Å². The summed E-state index contributed by atoms with van der Waals surface area (Å²) in [5.74, 6) is 0.952. The first-order valence-electron chi connectivity index (χ1n) is 9.39. The Morgan fingerprint density at radius 3 is 2.59 bits per heavy atom. The molecule has 0 spiro atoms. The Morgan fingerprint density at radius 1 is 1.11 bits per heavy atom. The fourth-order valence-electron chi connectivity index (χ4n) is 3.42. The fourth-order valence-corrected chi connectivity index (χ4v) is 3.66. The van der Waals surface area contributed by atoms with Crippen LogP contribution in [0.15, 0.2) is 67.5 Å². The van der Waals surface area contributed by atoms with E-state index in [1.54, 1.807) is 6.08 Å². The summed E-state index contributed by atoms with van der Waals surface area (Å²) in [5.41, 5.74) is 3.51. The molecule has 0 aliphatic carbocycles. The van der Waals surface area contributed by atoms with Gasteiger partial charge in [-0.05, 0) is 48.9 Å². The summed E-state index contributed by atoms with van der Waals surface area (Å²) >= 11 is 5.63. The fraction of sp³-hybridized carbons (Fsp3) is 0.318. The number of ether oxygens (including phenoxy) is 1. The van der Waals surface area contributed by atoms with Gasteiger partial charge in [-0.25, -0.2) is 0 Å². The van der Waals surface area contributed by atoms with Crippen molar-refractivity contribution in [2.45, 2.75) is 12.8 Å². The van der Waals surface area contributed by atoms with Crippen LogP contribution < -0.4 is 10.1 Å². The average molecular weight is 382 g/mol. The van der Waals surface area contributed by atoms with E-state index in [0.717, 1.165) is 67.7 Å².